The smallest absolute Gasteiger partial charge is 0.237 e. The van der Waals surface area contributed by atoms with Crippen molar-refractivity contribution in [1.82, 2.24) is 5.32 Å². The van der Waals surface area contributed by atoms with Gasteiger partial charge in [-0.25, -0.2) is 0 Å². The minimum absolute atomic E-state index is 0.0689. The van der Waals surface area contributed by atoms with Crippen LogP contribution in [0.1, 0.15) is 17.5 Å². The molecule has 3 nitrogen and oxygen atoms in total. The number of carbonyl (C=O) groups is 1. The van der Waals surface area contributed by atoms with Gasteiger partial charge >= 0.3 is 0 Å². The summed E-state index contributed by atoms with van der Waals surface area (Å²) in [4.78, 5) is 11.7. The van der Waals surface area contributed by atoms with Crippen molar-refractivity contribution in [3.8, 4) is 0 Å². The van der Waals surface area contributed by atoms with Gasteiger partial charge in [0, 0.05) is 6.54 Å². The van der Waals surface area contributed by atoms with Crippen molar-refractivity contribution in [3.05, 3.63) is 35.4 Å². The lowest BCUT2D eigenvalue weighted by Gasteiger charge is -2.11. The summed E-state index contributed by atoms with van der Waals surface area (Å²) in [5.41, 5.74) is 8.08. The number of hydrogen-bond donors (Lipinski definition) is 2. The topological polar surface area (TPSA) is 55.1 Å². The fraction of sp³-hybridized carbons (Fsp3) is 0.462. The van der Waals surface area contributed by atoms with Crippen LogP contribution in [0.4, 0.5) is 0 Å². The van der Waals surface area contributed by atoms with Crippen LogP contribution < -0.4 is 11.1 Å². The van der Waals surface area contributed by atoms with Gasteiger partial charge in [0.1, 0.15) is 0 Å². The van der Waals surface area contributed by atoms with Crippen molar-refractivity contribution in [2.24, 2.45) is 5.73 Å². The highest BCUT2D eigenvalue weighted by molar-refractivity contribution is 7.98. The zero-order valence-electron chi connectivity index (χ0n) is 10.4. The molecule has 0 aliphatic rings. The molecule has 94 valence electrons. The minimum Gasteiger partial charge on any atom is -0.351 e. The Morgan fingerprint density at radius 1 is 1.53 bits per heavy atom. The largest absolute Gasteiger partial charge is 0.351 e. The zero-order chi connectivity index (χ0) is 12.7. The first-order valence-electron chi connectivity index (χ1n) is 5.71. The lowest BCUT2D eigenvalue weighted by atomic mass is 10.1. The zero-order valence-corrected chi connectivity index (χ0v) is 11.2. The maximum Gasteiger partial charge on any atom is 0.237 e. The van der Waals surface area contributed by atoms with Gasteiger partial charge < -0.3 is 11.1 Å². The van der Waals surface area contributed by atoms with E-state index in [2.05, 4.69) is 11.4 Å². The summed E-state index contributed by atoms with van der Waals surface area (Å²) in [6.45, 7) is 2.59. The average Bonchev–Trinajstić information content (AvgIpc) is 2.33. The summed E-state index contributed by atoms with van der Waals surface area (Å²) in [6.07, 6.45) is 2.73. The Kier molecular flexibility index (Phi) is 6.08. The van der Waals surface area contributed by atoms with Crippen LogP contribution in [0.25, 0.3) is 0 Å². The number of carbonyl (C=O) groups excluding carboxylic acids is 1. The van der Waals surface area contributed by atoms with Crippen molar-refractivity contribution in [3.63, 3.8) is 0 Å². The molecule has 1 rings (SSSR count). The molecule has 0 aromatic heterocycles. The Labute approximate surface area is 107 Å². The fourth-order valence-electron chi connectivity index (χ4n) is 1.52. The number of amides is 1. The number of thioether (sulfide) groups is 1. The molecule has 0 aliphatic carbocycles. The number of aryl methyl sites for hydroxylation is 1. The third-order valence-electron chi connectivity index (χ3n) is 2.52. The number of nitrogens with two attached hydrogens (primary N) is 1. The number of rotatable bonds is 6. The van der Waals surface area contributed by atoms with E-state index < -0.39 is 6.04 Å². The Bertz CT molecular complexity index is 368. The van der Waals surface area contributed by atoms with Crippen LogP contribution in [0.2, 0.25) is 0 Å². The van der Waals surface area contributed by atoms with E-state index in [0.29, 0.717) is 6.54 Å². The van der Waals surface area contributed by atoms with Gasteiger partial charge in [0.2, 0.25) is 5.91 Å². The van der Waals surface area contributed by atoms with E-state index in [0.717, 1.165) is 17.7 Å². The summed E-state index contributed by atoms with van der Waals surface area (Å²) < 4.78 is 0. The molecule has 0 saturated carbocycles. The Morgan fingerprint density at radius 3 is 2.94 bits per heavy atom. The highest BCUT2D eigenvalue weighted by Crippen LogP contribution is 2.04. The average molecular weight is 252 g/mol. The van der Waals surface area contributed by atoms with Crippen LogP contribution in [0, 0.1) is 6.92 Å². The summed E-state index contributed by atoms with van der Waals surface area (Å²) in [5, 5.41) is 2.86. The lowest BCUT2D eigenvalue weighted by Crippen LogP contribution is -2.40. The molecule has 1 aromatic rings. The van der Waals surface area contributed by atoms with Gasteiger partial charge in [0.15, 0.2) is 0 Å². The molecule has 3 N–H and O–H groups in total. The maximum absolute atomic E-state index is 11.7. The van der Waals surface area contributed by atoms with E-state index in [1.165, 1.54) is 5.56 Å². The first kappa shape index (κ1) is 14.1. The van der Waals surface area contributed by atoms with Crippen molar-refractivity contribution in [2.45, 2.75) is 25.9 Å². The fourth-order valence-corrected chi connectivity index (χ4v) is 2.01. The maximum atomic E-state index is 11.7. The first-order chi connectivity index (χ1) is 8.13. The second-order valence-corrected chi connectivity index (χ2v) is 5.08. The summed E-state index contributed by atoms with van der Waals surface area (Å²) in [6, 6.07) is 7.70. The standard InChI is InChI=1S/C13H20N2OS/c1-10-4-3-5-11(8-10)9-15-13(16)12(14)6-7-17-2/h3-5,8,12H,6-7,9,14H2,1-2H3,(H,15,16)/t12-/m0/s1. The van der Waals surface area contributed by atoms with Crippen LogP contribution in [0.15, 0.2) is 24.3 Å². The van der Waals surface area contributed by atoms with E-state index >= 15 is 0 Å². The van der Waals surface area contributed by atoms with Crippen molar-refractivity contribution in [1.29, 1.82) is 0 Å². The molecule has 1 atom stereocenters. The third-order valence-corrected chi connectivity index (χ3v) is 3.16. The van der Waals surface area contributed by atoms with Crippen LogP contribution in [-0.2, 0) is 11.3 Å². The molecule has 0 fully saturated rings. The Morgan fingerprint density at radius 2 is 2.29 bits per heavy atom. The second kappa shape index (κ2) is 7.35. The Hall–Kier alpha value is -1.00. The van der Waals surface area contributed by atoms with Gasteiger partial charge in [-0.05, 0) is 30.9 Å². The number of nitrogens with one attached hydrogen (secondary N) is 1. The molecule has 1 aromatic carbocycles. The third kappa shape index (κ3) is 5.24. The predicted octanol–water partition coefficient (Wildman–Crippen LogP) is 1.69. The van der Waals surface area contributed by atoms with Crippen molar-refractivity contribution >= 4 is 17.7 Å². The summed E-state index contributed by atoms with van der Waals surface area (Å²) >= 11 is 1.70. The van der Waals surface area contributed by atoms with Crippen LogP contribution in [0.5, 0.6) is 0 Å². The van der Waals surface area contributed by atoms with Gasteiger partial charge in [0.25, 0.3) is 0 Å². The Balaban J connectivity index is 2.37. The predicted molar refractivity (Wildman–Crippen MR) is 74.0 cm³/mol. The quantitative estimate of drug-likeness (QED) is 0.810. The van der Waals surface area contributed by atoms with Gasteiger partial charge in [0.05, 0.1) is 6.04 Å². The molecule has 0 saturated heterocycles. The molecule has 0 unspecified atom stereocenters. The van der Waals surface area contributed by atoms with E-state index in [1.807, 2.05) is 31.4 Å². The number of benzene rings is 1. The molecule has 0 heterocycles. The highest BCUT2D eigenvalue weighted by Gasteiger charge is 2.11. The highest BCUT2D eigenvalue weighted by atomic mass is 32.2. The van der Waals surface area contributed by atoms with E-state index in [1.54, 1.807) is 11.8 Å². The number of hydrogen-bond acceptors (Lipinski definition) is 3. The normalized spacial score (nSPS) is 12.2. The summed E-state index contributed by atoms with van der Waals surface area (Å²) in [7, 11) is 0. The van der Waals surface area contributed by atoms with Gasteiger partial charge in [-0.2, -0.15) is 11.8 Å². The van der Waals surface area contributed by atoms with Crippen LogP contribution in [0.3, 0.4) is 0 Å². The van der Waals surface area contributed by atoms with Crippen LogP contribution in [-0.4, -0.2) is 24.0 Å². The molecular formula is C13H20N2OS. The lowest BCUT2D eigenvalue weighted by molar-refractivity contribution is -0.122. The second-order valence-electron chi connectivity index (χ2n) is 4.09. The van der Waals surface area contributed by atoms with E-state index in [9.17, 15) is 4.79 Å². The minimum atomic E-state index is -0.396. The molecule has 0 aliphatic heterocycles. The van der Waals surface area contributed by atoms with Gasteiger partial charge in [-0.1, -0.05) is 29.8 Å². The van der Waals surface area contributed by atoms with Gasteiger partial charge in [-0.15, -0.1) is 0 Å². The monoisotopic (exact) mass is 252 g/mol. The molecule has 17 heavy (non-hydrogen) atoms. The van der Waals surface area contributed by atoms with E-state index in [-0.39, 0.29) is 5.91 Å². The SMILES string of the molecule is CSCC[C@H](N)C(=O)NCc1cccc(C)c1. The molecule has 0 bridgehead atoms. The first-order valence-corrected chi connectivity index (χ1v) is 7.10. The van der Waals surface area contributed by atoms with Crippen LogP contribution >= 0.6 is 11.8 Å². The van der Waals surface area contributed by atoms with Gasteiger partial charge in [-0.3, -0.25) is 4.79 Å². The molecular weight excluding hydrogens is 232 g/mol. The molecule has 4 heteroatoms. The van der Waals surface area contributed by atoms with Crippen molar-refractivity contribution < 1.29 is 4.79 Å². The molecule has 0 spiro atoms. The van der Waals surface area contributed by atoms with Crippen molar-refractivity contribution in [2.75, 3.05) is 12.0 Å². The molecule has 1 amide bonds. The molecule has 0 radical (unpaired) electrons. The summed E-state index contributed by atoms with van der Waals surface area (Å²) in [5.74, 6) is 0.847. The van der Waals surface area contributed by atoms with E-state index in [4.69, 9.17) is 5.73 Å².